The zero-order valence-electron chi connectivity index (χ0n) is 6.95. The fraction of sp³-hybridized carbons (Fsp3) is 0.182. The van der Waals surface area contributed by atoms with Crippen LogP contribution >= 0.6 is 0 Å². The molecule has 1 aromatic rings. The molecule has 0 saturated carbocycles. The summed E-state index contributed by atoms with van der Waals surface area (Å²) in [5, 5.41) is 0. The van der Waals surface area contributed by atoms with E-state index in [4.69, 9.17) is 0 Å². The highest BCUT2D eigenvalue weighted by molar-refractivity contribution is 6.09. The maximum Gasteiger partial charge on any atom is 0.150 e. The Morgan fingerprint density at radius 1 is 1.33 bits per heavy atom. The molecule has 1 aliphatic carbocycles. The third kappa shape index (κ3) is 0.900. The number of hydrogen-bond donors (Lipinski definition) is 0. The van der Waals surface area contributed by atoms with Crippen molar-refractivity contribution in [3.05, 3.63) is 41.5 Å². The molecule has 1 nitrogen and oxygen atoms in total. The van der Waals surface area contributed by atoms with Crippen LogP contribution in [0.25, 0.3) is 5.57 Å². The van der Waals surface area contributed by atoms with E-state index >= 15 is 0 Å². The van der Waals surface area contributed by atoms with E-state index in [0.717, 1.165) is 17.4 Å². The quantitative estimate of drug-likeness (QED) is 0.573. The fourth-order valence-electron chi connectivity index (χ4n) is 1.71. The van der Waals surface area contributed by atoms with Gasteiger partial charge in [0.05, 0.1) is 0 Å². The second kappa shape index (κ2) is 2.59. The van der Waals surface area contributed by atoms with Crippen molar-refractivity contribution in [1.29, 1.82) is 0 Å². The van der Waals surface area contributed by atoms with Crippen LogP contribution in [0.4, 0.5) is 0 Å². The summed E-state index contributed by atoms with van der Waals surface area (Å²) in [4.78, 5) is 10.6. The molecule has 12 heavy (non-hydrogen) atoms. The normalized spacial score (nSPS) is 20.1. The summed E-state index contributed by atoms with van der Waals surface area (Å²) in [5.74, 6) is 0.390. The molecular weight excluding hydrogens is 148 g/mol. The van der Waals surface area contributed by atoms with E-state index in [1.807, 2.05) is 24.3 Å². The molecule has 1 aliphatic rings. The number of carbonyl (C=O) groups is 1. The van der Waals surface area contributed by atoms with Crippen LogP contribution in [0.3, 0.4) is 0 Å². The summed E-state index contributed by atoms with van der Waals surface area (Å²) in [6.45, 7) is 2.11. The molecule has 0 aromatic heterocycles. The maximum atomic E-state index is 10.6. The molecule has 0 saturated heterocycles. The van der Waals surface area contributed by atoms with Crippen molar-refractivity contribution in [3.63, 3.8) is 0 Å². The number of fused-ring (bicyclic) bond motifs is 1. The van der Waals surface area contributed by atoms with Crippen molar-refractivity contribution in [1.82, 2.24) is 0 Å². The molecule has 1 heteroatoms. The Bertz CT molecular complexity index is 350. The van der Waals surface area contributed by atoms with Gasteiger partial charge in [-0.05, 0) is 11.1 Å². The van der Waals surface area contributed by atoms with Crippen LogP contribution in [0, 0.1) is 0 Å². The number of benzene rings is 1. The number of carbonyl (C=O) groups excluding carboxylic acids is 1. The van der Waals surface area contributed by atoms with E-state index in [2.05, 4.69) is 13.0 Å². The van der Waals surface area contributed by atoms with Crippen LogP contribution < -0.4 is 0 Å². The number of hydrogen-bond acceptors (Lipinski definition) is 1. The van der Waals surface area contributed by atoms with E-state index in [-0.39, 0.29) is 0 Å². The summed E-state index contributed by atoms with van der Waals surface area (Å²) in [6, 6.07) is 8.05. The topological polar surface area (TPSA) is 17.1 Å². The van der Waals surface area contributed by atoms with Gasteiger partial charge in [-0.25, -0.2) is 0 Å². The Hall–Kier alpha value is -1.37. The van der Waals surface area contributed by atoms with Crippen LogP contribution in [0.1, 0.15) is 24.0 Å². The van der Waals surface area contributed by atoms with E-state index in [1.165, 1.54) is 5.56 Å². The summed E-state index contributed by atoms with van der Waals surface area (Å²) in [5.41, 5.74) is 3.19. The van der Waals surface area contributed by atoms with Gasteiger partial charge in [0, 0.05) is 11.5 Å². The monoisotopic (exact) mass is 158 g/mol. The Labute approximate surface area is 71.7 Å². The molecule has 0 radical (unpaired) electrons. The largest absolute Gasteiger partial charge is 0.298 e. The minimum absolute atomic E-state index is 0.390. The lowest BCUT2D eigenvalue weighted by atomic mass is 10.0. The summed E-state index contributed by atoms with van der Waals surface area (Å²) in [6.07, 6.45) is 2.94. The Kier molecular flexibility index (Phi) is 1.58. The standard InChI is InChI=1S/C11H10O/c1-8-6-9(7-12)11-5-3-2-4-10(8)11/h2-8H,1H3. The van der Waals surface area contributed by atoms with Crippen molar-refractivity contribution >= 4 is 11.9 Å². The van der Waals surface area contributed by atoms with Gasteiger partial charge >= 0.3 is 0 Å². The van der Waals surface area contributed by atoms with E-state index in [0.29, 0.717) is 5.92 Å². The van der Waals surface area contributed by atoms with Crippen LogP contribution in [0.5, 0.6) is 0 Å². The molecule has 1 unspecified atom stereocenters. The molecule has 0 spiro atoms. The lowest BCUT2D eigenvalue weighted by molar-refractivity contribution is -0.103. The predicted molar refractivity (Wildman–Crippen MR) is 48.9 cm³/mol. The first kappa shape index (κ1) is 7.29. The highest BCUT2D eigenvalue weighted by atomic mass is 16.1. The molecule has 0 fully saturated rings. The minimum Gasteiger partial charge on any atom is -0.298 e. The van der Waals surface area contributed by atoms with Crippen LogP contribution in [-0.4, -0.2) is 6.29 Å². The zero-order valence-corrected chi connectivity index (χ0v) is 6.95. The summed E-state index contributed by atoms with van der Waals surface area (Å²) >= 11 is 0. The van der Waals surface area contributed by atoms with E-state index in [9.17, 15) is 4.79 Å². The molecule has 1 atom stereocenters. The van der Waals surface area contributed by atoms with Crippen LogP contribution in [-0.2, 0) is 4.79 Å². The van der Waals surface area contributed by atoms with Crippen molar-refractivity contribution < 1.29 is 4.79 Å². The van der Waals surface area contributed by atoms with Gasteiger partial charge in [0.2, 0.25) is 0 Å². The van der Waals surface area contributed by atoms with Gasteiger partial charge in [0.15, 0.2) is 0 Å². The third-order valence-corrected chi connectivity index (χ3v) is 2.32. The fourth-order valence-corrected chi connectivity index (χ4v) is 1.71. The molecular formula is C11H10O. The van der Waals surface area contributed by atoms with Gasteiger partial charge in [-0.1, -0.05) is 37.3 Å². The van der Waals surface area contributed by atoms with Crippen LogP contribution in [0.2, 0.25) is 0 Å². The van der Waals surface area contributed by atoms with Gasteiger partial charge in [-0.3, -0.25) is 4.79 Å². The lowest BCUT2D eigenvalue weighted by Crippen LogP contribution is -1.86. The zero-order chi connectivity index (χ0) is 8.55. The molecule has 0 heterocycles. The maximum absolute atomic E-state index is 10.6. The van der Waals surface area contributed by atoms with Crippen LogP contribution in [0.15, 0.2) is 30.3 Å². The highest BCUT2D eigenvalue weighted by Crippen LogP contribution is 2.33. The minimum atomic E-state index is 0.390. The van der Waals surface area contributed by atoms with Gasteiger partial charge < -0.3 is 0 Å². The number of allylic oxidation sites excluding steroid dienone is 2. The highest BCUT2D eigenvalue weighted by Gasteiger charge is 2.18. The van der Waals surface area contributed by atoms with Crippen molar-refractivity contribution in [2.24, 2.45) is 0 Å². The second-order valence-corrected chi connectivity index (χ2v) is 3.12. The number of rotatable bonds is 1. The molecule has 0 N–H and O–H groups in total. The lowest BCUT2D eigenvalue weighted by Gasteiger charge is -2.02. The van der Waals surface area contributed by atoms with Gasteiger partial charge in [-0.2, -0.15) is 0 Å². The smallest absolute Gasteiger partial charge is 0.150 e. The van der Waals surface area contributed by atoms with Crippen molar-refractivity contribution in [3.8, 4) is 0 Å². The summed E-state index contributed by atoms with van der Waals surface area (Å²) in [7, 11) is 0. The Morgan fingerprint density at radius 3 is 2.83 bits per heavy atom. The molecule has 60 valence electrons. The first-order valence-corrected chi connectivity index (χ1v) is 4.09. The van der Waals surface area contributed by atoms with E-state index < -0.39 is 0 Å². The molecule has 0 aliphatic heterocycles. The Morgan fingerprint density at radius 2 is 2.08 bits per heavy atom. The van der Waals surface area contributed by atoms with Gasteiger partial charge in [0.25, 0.3) is 0 Å². The van der Waals surface area contributed by atoms with E-state index in [1.54, 1.807) is 0 Å². The SMILES string of the molecule is CC1C=C(C=O)c2ccccc21. The average molecular weight is 158 g/mol. The summed E-state index contributed by atoms with van der Waals surface area (Å²) < 4.78 is 0. The predicted octanol–water partition coefficient (Wildman–Crippen LogP) is 2.39. The first-order chi connectivity index (χ1) is 5.83. The third-order valence-electron chi connectivity index (χ3n) is 2.32. The molecule has 0 bridgehead atoms. The Balaban J connectivity index is 2.60. The first-order valence-electron chi connectivity index (χ1n) is 4.09. The number of aldehydes is 1. The molecule has 1 aromatic carbocycles. The van der Waals surface area contributed by atoms with Gasteiger partial charge in [0.1, 0.15) is 6.29 Å². The molecule has 0 amide bonds. The van der Waals surface area contributed by atoms with Crippen molar-refractivity contribution in [2.45, 2.75) is 12.8 Å². The molecule has 2 rings (SSSR count). The van der Waals surface area contributed by atoms with Crippen molar-refractivity contribution in [2.75, 3.05) is 0 Å². The second-order valence-electron chi connectivity index (χ2n) is 3.12. The average Bonchev–Trinajstić information content (AvgIpc) is 2.44. The van der Waals surface area contributed by atoms with Gasteiger partial charge in [-0.15, -0.1) is 0 Å².